The first-order valence-electron chi connectivity index (χ1n) is 10.7. The number of amides is 1. The predicted molar refractivity (Wildman–Crippen MR) is 117 cm³/mol. The molecule has 7 nitrogen and oxygen atoms in total. The number of aliphatic hydroxyl groups is 1. The van der Waals surface area contributed by atoms with Gasteiger partial charge in [-0.15, -0.1) is 0 Å². The third-order valence-corrected chi connectivity index (χ3v) is 6.30. The summed E-state index contributed by atoms with van der Waals surface area (Å²) >= 11 is 0. The molecule has 3 atom stereocenters. The Bertz CT molecular complexity index is 926. The van der Waals surface area contributed by atoms with E-state index in [-0.39, 0.29) is 5.91 Å². The molecule has 164 valence electrons. The molecule has 7 heteroatoms. The minimum absolute atomic E-state index is 0.310. The Kier molecular flexibility index (Phi) is 5.98. The number of hydrogen-bond donors (Lipinski definition) is 2. The summed E-state index contributed by atoms with van der Waals surface area (Å²) < 4.78 is 5.22. The van der Waals surface area contributed by atoms with E-state index < -0.39 is 23.7 Å². The Morgan fingerprint density at radius 3 is 2.35 bits per heavy atom. The first-order chi connectivity index (χ1) is 14.9. The summed E-state index contributed by atoms with van der Waals surface area (Å²) in [4.78, 5) is 28.5. The summed E-state index contributed by atoms with van der Waals surface area (Å²) in [5, 5.41) is 13.7. The highest BCUT2D eigenvalue weighted by atomic mass is 16.6. The number of hydrogen-bond acceptors (Lipinski definition) is 6. The van der Waals surface area contributed by atoms with Gasteiger partial charge in [0.1, 0.15) is 0 Å². The summed E-state index contributed by atoms with van der Waals surface area (Å²) in [6.45, 7) is 7.79. The van der Waals surface area contributed by atoms with Gasteiger partial charge in [-0.2, -0.15) is 0 Å². The van der Waals surface area contributed by atoms with Crippen LogP contribution < -0.4 is 10.2 Å². The number of nitrogens with zero attached hydrogens (tertiary/aromatic N) is 2. The quantitative estimate of drug-likeness (QED) is 0.715. The SMILES string of the molecule is CC(=O)N[C@H]1OC(=O)[C@](O)(c2ccc(N3CCN(Cc4ccccc4)CC3)cc2)C1C. The molecule has 2 heterocycles. The van der Waals surface area contributed by atoms with Gasteiger partial charge >= 0.3 is 5.97 Å². The lowest BCUT2D eigenvalue weighted by atomic mass is 9.83. The van der Waals surface area contributed by atoms with E-state index in [2.05, 4.69) is 39.4 Å². The number of benzene rings is 2. The van der Waals surface area contributed by atoms with Crippen LogP contribution in [0.15, 0.2) is 54.6 Å². The van der Waals surface area contributed by atoms with Crippen molar-refractivity contribution in [2.45, 2.75) is 32.2 Å². The molecule has 2 fully saturated rings. The van der Waals surface area contributed by atoms with E-state index in [4.69, 9.17) is 4.74 Å². The Labute approximate surface area is 182 Å². The molecule has 1 unspecified atom stereocenters. The maximum Gasteiger partial charge on any atom is 0.345 e. The van der Waals surface area contributed by atoms with Crippen molar-refractivity contribution in [2.75, 3.05) is 31.1 Å². The number of ether oxygens (including phenoxy) is 1. The van der Waals surface area contributed by atoms with E-state index in [1.165, 1.54) is 12.5 Å². The second-order valence-corrected chi connectivity index (χ2v) is 8.38. The van der Waals surface area contributed by atoms with Crippen LogP contribution in [0.5, 0.6) is 0 Å². The Morgan fingerprint density at radius 1 is 1.10 bits per heavy atom. The molecule has 2 N–H and O–H groups in total. The molecule has 0 bridgehead atoms. The lowest BCUT2D eigenvalue weighted by molar-refractivity contribution is -0.157. The van der Waals surface area contributed by atoms with Crippen molar-refractivity contribution in [1.82, 2.24) is 10.2 Å². The van der Waals surface area contributed by atoms with Gasteiger partial charge in [0, 0.05) is 45.3 Å². The van der Waals surface area contributed by atoms with Crippen molar-refractivity contribution >= 4 is 17.6 Å². The molecule has 0 spiro atoms. The Morgan fingerprint density at radius 2 is 1.74 bits per heavy atom. The topological polar surface area (TPSA) is 82.1 Å². The van der Waals surface area contributed by atoms with Crippen LogP contribution in [0.25, 0.3) is 0 Å². The molecule has 4 rings (SSSR count). The van der Waals surface area contributed by atoms with Gasteiger partial charge in [-0.25, -0.2) is 4.79 Å². The van der Waals surface area contributed by atoms with Gasteiger partial charge in [-0.3, -0.25) is 9.69 Å². The molecule has 31 heavy (non-hydrogen) atoms. The standard InChI is InChI=1S/C24H29N3O4/c1-17-22(25-18(2)28)31-23(29)24(17,30)20-8-10-21(11-9-20)27-14-12-26(13-15-27)16-19-6-4-3-5-7-19/h3-11,17,22,30H,12-16H2,1-2H3,(H,25,28)/t17?,22-,24+/m0/s1. The van der Waals surface area contributed by atoms with E-state index >= 15 is 0 Å². The van der Waals surface area contributed by atoms with Crippen molar-refractivity contribution < 1.29 is 19.4 Å². The first-order valence-corrected chi connectivity index (χ1v) is 10.7. The molecular formula is C24H29N3O4. The molecule has 0 aromatic heterocycles. The number of carbonyl (C=O) groups excluding carboxylic acids is 2. The van der Waals surface area contributed by atoms with Crippen molar-refractivity contribution in [2.24, 2.45) is 5.92 Å². The maximum atomic E-state index is 12.4. The second kappa shape index (κ2) is 8.69. The minimum atomic E-state index is -1.78. The number of piperazine rings is 1. The number of esters is 1. The fraction of sp³-hybridized carbons (Fsp3) is 0.417. The van der Waals surface area contributed by atoms with Gasteiger partial charge in [-0.1, -0.05) is 49.4 Å². The molecule has 2 aliphatic heterocycles. The van der Waals surface area contributed by atoms with Crippen molar-refractivity contribution in [3.05, 3.63) is 65.7 Å². The Balaban J connectivity index is 1.40. The lowest BCUT2D eigenvalue weighted by Crippen LogP contribution is -2.46. The molecule has 0 radical (unpaired) electrons. The van der Waals surface area contributed by atoms with Gasteiger partial charge in [0.25, 0.3) is 0 Å². The van der Waals surface area contributed by atoms with Crippen LogP contribution in [0.1, 0.15) is 25.0 Å². The van der Waals surface area contributed by atoms with Crippen LogP contribution >= 0.6 is 0 Å². The average Bonchev–Trinajstić information content (AvgIpc) is 2.99. The fourth-order valence-corrected chi connectivity index (χ4v) is 4.38. The van der Waals surface area contributed by atoms with Gasteiger partial charge in [0.15, 0.2) is 11.8 Å². The highest BCUT2D eigenvalue weighted by Gasteiger charge is 2.55. The van der Waals surface area contributed by atoms with E-state index in [0.717, 1.165) is 38.4 Å². The Hall–Kier alpha value is -2.90. The first kappa shape index (κ1) is 21.3. The highest BCUT2D eigenvalue weighted by molar-refractivity contribution is 5.85. The van der Waals surface area contributed by atoms with Crippen LogP contribution in [-0.4, -0.2) is 54.3 Å². The van der Waals surface area contributed by atoms with Crippen molar-refractivity contribution in [3.8, 4) is 0 Å². The zero-order valence-electron chi connectivity index (χ0n) is 18.0. The largest absolute Gasteiger partial charge is 0.439 e. The number of anilines is 1. The van der Waals surface area contributed by atoms with E-state index in [0.29, 0.717) is 5.56 Å². The monoisotopic (exact) mass is 423 g/mol. The van der Waals surface area contributed by atoms with E-state index in [9.17, 15) is 14.7 Å². The average molecular weight is 424 g/mol. The molecular weight excluding hydrogens is 394 g/mol. The fourth-order valence-electron chi connectivity index (χ4n) is 4.38. The van der Waals surface area contributed by atoms with Gasteiger partial charge in [-0.05, 0) is 23.3 Å². The zero-order chi connectivity index (χ0) is 22.0. The molecule has 2 aromatic rings. The number of cyclic esters (lactones) is 1. The lowest BCUT2D eigenvalue weighted by Gasteiger charge is -2.36. The van der Waals surface area contributed by atoms with Gasteiger partial charge in [0.2, 0.25) is 5.91 Å². The predicted octanol–water partition coefficient (Wildman–Crippen LogP) is 1.85. The summed E-state index contributed by atoms with van der Waals surface area (Å²) in [5.74, 6) is -1.65. The van der Waals surface area contributed by atoms with E-state index in [1.807, 2.05) is 18.2 Å². The summed E-state index contributed by atoms with van der Waals surface area (Å²) in [7, 11) is 0. The van der Waals surface area contributed by atoms with Crippen LogP contribution in [0, 0.1) is 5.92 Å². The molecule has 2 aromatic carbocycles. The second-order valence-electron chi connectivity index (χ2n) is 8.38. The van der Waals surface area contributed by atoms with Crippen molar-refractivity contribution in [3.63, 3.8) is 0 Å². The van der Waals surface area contributed by atoms with E-state index in [1.54, 1.807) is 19.1 Å². The van der Waals surface area contributed by atoms with Crippen LogP contribution in [0.4, 0.5) is 5.69 Å². The molecule has 0 aliphatic carbocycles. The zero-order valence-corrected chi connectivity index (χ0v) is 18.0. The molecule has 0 saturated carbocycles. The van der Waals surface area contributed by atoms with Gasteiger partial charge in [0.05, 0.1) is 5.92 Å². The molecule has 2 aliphatic rings. The minimum Gasteiger partial charge on any atom is -0.439 e. The third kappa shape index (κ3) is 4.29. The molecule has 1 amide bonds. The van der Waals surface area contributed by atoms with Crippen LogP contribution in [0.3, 0.4) is 0 Å². The van der Waals surface area contributed by atoms with Crippen LogP contribution in [0.2, 0.25) is 0 Å². The highest BCUT2D eigenvalue weighted by Crippen LogP contribution is 2.40. The summed E-state index contributed by atoms with van der Waals surface area (Å²) in [6.07, 6.45) is -0.840. The maximum absolute atomic E-state index is 12.4. The summed E-state index contributed by atoms with van der Waals surface area (Å²) in [5.41, 5.74) is 1.08. The van der Waals surface area contributed by atoms with Crippen molar-refractivity contribution in [1.29, 1.82) is 0 Å². The normalized spacial score (nSPS) is 26.5. The summed E-state index contributed by atoms with van der Waals surface area (Å²) in [6, 6.07) is 17.9. The van der Waals surface area contributed by atoms with Gasteiger partial charge < -0.3 is 20.1 Å². The number of rotatable bonds is 5. The van der Waals surface area contributed by atoms with Crippen LogP contribution in [-0.2, 0) is 26.5 Å². The number of carbonyl (C=O) groups is 2. The molecule has 2 saturated heterocycles. The third-order valence-electron chi connectivity index (χ3n) is 6.30. The smallest absolute Gasteiger partial charge is 0.345 e. The number of nitrogens with one attached hydrogen (secondary N) is 1.